The van der Waals surface area contributed by atoms with E-state index in [4.69, 9.17) is 45.8 Å². The Morgan fingerprint density at radius 2 is 1.72 bits per heavy atom. The highest BCUT2D eigenvalue weighted by Crippen LogP contribution is 2.49. The van der Waals surface area contributed by atoms with E-state index in [0.717, 1.165) is 22.3 Å². The number of amides is 7. The number of anilines is 2. The van der Waals surface area contributed by atoms with Gasteiger partial charge in [-0.05, 0) is 107 Å². The van der Waals surface area contributed by atoms with Gasteiger partial charge in [0.2, 0.25) is 17.7 Å². The molecule has 3 aliphatic heterocycles. The highest BCUT2D eigenvalue weighted by Gasteiger charge is 2.64. The van der Waals surface area contributed by atoms with Crippen molar-refractivity contribution in [3.05, 3.63) is 76.3 Å². The molecular weight excluding hydrogens is 1280 g/mol. The molecule has 11 atom stereocenters. The van der Waals surface area contributed by atoms with Gasteiger partial charge in [0.1, 0.15) is 58.7 Å². The van der Waals surface area contributed by atoms with E-state index in [-0.39, 0.29) is 54.6 Å². The molecule has 2 aromatic carbocycles. The van der Waals surface area contributed by atoms with E-state index in [0.29, 0.717) is 54.1 Å². The van der Waals surface area contributed by atoms with Gasteiger partial charge >= 0.3 is 18.1 Å². The molecule has 0 aromatic heterocycles. The fourth-order valence-electron chi connectivity index (χ4n) is 10.3. The number of primary amides is 1. The number of carbonyl (C=O) groups is 9. The molecule has 1 unspecified atom stereocenters. The van der Waals surface area contributed by atoms with Crippen LogP contribution in [-0.2, 0) is 58.9 Å². The number of aliphatic hydroxyl groups is 1. The standard InChI is InChI=1S/C60H83Br2ClN8O16/c1-34(2)50(66-41(30-72)16-11-12-24-84-59(31-61,32-62)33-73)53(76)68-42(17-14-23-65-56(64)79)52(75)67-40-21-19-39(20-22-40)54(77)70(7)37(5)55(78)86-47-28-48(74)71(8)43-26-38(27-44(82-9)49(43)63)25-35(3)15-13-18-46(83-10)60(81)29-45(85-57(80)69-60)36(4)51-58(47,6)87-51/h13,15,18-22,26-27,30,33-34,36-37,41-42,45-47,50-51,66,81H,11-12,14,16-17,23-25,28-29,31-32H2,1-10H3,(H,67,75)(H,68,76)(H,69,80)(H3,64,65,79)/b18-13+,35-15+/t36-,37+,41?,42+,45+,46-,47+,50+,51+,58+,60+/m1/s1. The maximum atomic E-state index is 14.5. The summed E-state index contributed by atoms with van der Waals surface area (Å²) in [6.45, 7) is 10.7. The van der Waals surface area contributed by atoms with Gasteiger partial charge in [-0.15, -0.1) is 0 Å². The fraction of sp³-hybridized carbons (Fsp3) is 0.583. The Morgan fingerprint density at radius 3 is 2.33 bits per heavy atom. The van der Waals surface area contributed by atoms with Gasteiger partial charge in [-0.25, -0.2) is 14.4 Å². The summed E-state index contributed by atoms with van der Waals surface area (Å²) in [5, 5.41) is 26.3. The second-order valence-corrected chi connectivity index (χ2v) is 24.3. The number of nitrogens with one attached hydrogen (secondary N) is 5. The lowest BCUT2D eigenvalue weighted by atomic mass is 9.83. The first-order valence-electron chi connectivity index (χ1n) is 28.7. The number of benzene rings is 2. The molecule has 0 saturated carbocycles. The number of nitrogens with two attached hydrogens (primary N) is 1. The van der Waals surface area contributed by atoms with Gasteiger partial charge in [-0.1, -0.05) is 88.0 Å². The molecule has 3 aliphatic rings. The fourth-order valence-corrected chi connectivity index (χ4v) is 12.1. The molecule has 87 heavy (non-hydrogen) atoms. The zero-order valence-corrected chi connectivity index (χ0v) is 54.7. The monoisotopic (exact) mass is 1360 g/mol. The average Bonchev–Trinajstić information content (AvgIpc) is 1.60. The minimum absolute atomic E-state index is 0.0668. The van der Waals surface area contributed by atoms with Crippen molar-refractivity contribution in [2.45, 2.75) is 158 Å². The van der Waals surface area contributed by atoms with Crippen LogP contribution in [0.3, 0.4) is 0 Å². The summed E-state index contributed by atoms with van der Waals surface area (Å²) in [4.78, 5) is 122. The lowest BCUT2D eigenvalue weighted by Crippen LogP contribution is -2.63. The molecule has 0 aliphatic carbocycles. The van der Waals surface area contributed by atoms with E-state index in [1.807, 2.05) is 13.0 Å². The number of ether oxygens (including phenoxy) is 6. The number of aldehydes is 2. The summed E-state index contributed by atoms with van der Waals surface area (Å²) in [6.07, 6.45) is 3.24. The van der Waals surface area contributed by atoms with Crippen molar-refractivity contribution in [2.75, 3.05) is 62.3 Å². The Labute approximate surface area is 529 Å². The van der Waals surface area contributed by atoms with Crippen molar-refractivity contribution in [3.63, 3.8) is 0 Å². The molecular formula is C60H83Br2ClN8O16. The smallest absolute Gasteiger partial charge is 0.409 e. The minimum atomic E-state index is -1.91. The van der Waals surface area contributed by atoms with Crippen LogP contribution in [0, 0.1) is 11.8 Å². The van der Waals surface area contributed by atoms with Crippen LogP contribution in [0.25, 0.3) is 0 Å². The number of hydrogen-bond acceptors (Lipinski definition) is 17. The molecule has 8 N–H and O–H groups in total. The topological polar surface area (TPSA) is 325 Å². The van der Waals surface area contributed by atoms with E-state index in [9.17, 15) is 48.3 Å². The third kappa shape index (κ3) is 19.0. The normalized spacial score (nSPS) is 24.7. The molecule has 0 radical (unpaired) electrons. The molecule has 2 fully saturated rings. The predicted octanol–water partition coefficient (Wildman–Crippen LogP) is 5.80. The maximum Gasteiger partial charge on any atom is 0.409 e. The van der Waals surface area contributed by atoms with Crippen LogP contribution in [0.2, 0.25) is 5.02 Å². The lowest BCUT2D eigenvalue weighted by Gasteiger charge is -2.42. The Hall–Kier alpha value is -6.00. The number of unbranched alkanes of at least 4 members (excludes halogenated alkanes) is 1. The number of allylic oxidation sites excluding steroid dienone is 3. The minimum Gasteiger partial charge on any atom is -0.495 e. The van der Waals surface area contributed by atoms with Gasteiger partial charge in [-0.2, -0.15) is 0 Å². The van der Waals surface area contributed by atoms with Crippen molar-refractivity contribution >= 4 is 109 Å². The highest BCUT2D eigenvalue weighted by molar-refractivity contribution is 9.10. The van der Waals surface area contributed by atoms with Crippen molar-refractivity contribution in [2.24, 2.45) is 17.6 Å². The molecule has 27 heteroatoms. The first kappa shape index (κ1) is 71.8. The molecule has 5 rings (SSSR count). The first-order chi connectivity index (χ1) is 41.1. The summed E-state index contributed by atoms with van der Waals surface area (Å²) in [5.74, 6) is -3.86. The SMILES string of the molecule is COc1cc2cc(c1Cl)N(C)C(=O)C[C@H](OC(=O)[C@H](C)N(C)C(=O)c1ccc(NC(=O)[C@H](CCCNC(N)=O)NC(=O)[C@@H](NC(C=O)CCCCOC(C=O)(CBr)CBr)C(C)C)cc1)[C@]1(C)O[C@H]1[C@H](C)[C@@H]1C[C@@](O)(NC(=O)O1)[C@H](OC)/C=C/C=C(\C)C2. The number of esters is 1. The Bertz CT molecular complexity index is 2840. The van der Waals surface area contributed by atoms with Crippen LogP contribution < -0.4 is 42.0 Å². The Balaban J connectivity index is 1.32. The van der Waals surface area contributed by atoms with E-state index in [2.05, 4.69) is 58.4 Å². The van der Waals surface area contributed by atoms with E-state index < -0.39 is 120 Å². The zero-order chi connectivity index (χ0) is 64.6. The van der Waals surface area contributed by atoms with Gasteiger partial charge in [0.05, 0.1) is 37.4 Å². The van der Waals surface area contributed by atoms with E-state index in [1.54, 1.807) is 52.0 Å². The highest BCUT2D eigenvalue weighted by atomic mass is 79.9. The predicted molar refractivity (Wildman–Crippen MR) is 332 cm³/mol. The molecule has 7 amide bonds. The summed E-state index contributed by atoms with van der Waals surface area (Å²) >= 11 is 13.5. The van der Waals surface area contributed by atoms with Crippen LogP contribution in [0.15, 0.2) is 60.2 Å². The number of alkyl halides is 2. The van der Waals surface area contributed by atoms with Crippen LogP contribution in [0.4, 0.5) is 21.0 Å². The summed E-state index contributed by atoms with van der Waals surface area (Å²) < 4.78 is 35.3. The number of rotatable bonds is 27. The van der Waals surface area contributed by atoms with Gasteiger partial charge in [-0.3, -0.25) is 29.8 Å². The number of likely N-dealkylation sites (N-methyl/N-ethyl adjacent to an activating group) is 1. The maximum absolute atomic E-state index is 14.5. The van der Waals surface area contributed by atoms with Crippen LogP contribution in [-0.4, -0.2) is 182 Å². The van der Waals surface area contributed by atoms with Crippen LogP contribution in [0.1, 0.15) is 102 Å². The third-order valence-corrected chi connectivity index (χ3v) is 18.2. The summed E-state index contributed by atoms with van der Waals surface area (Å²) in [7, 11) is 5.78. The second-order valence-electron chi connectivity index (χ2n) is 22.8. The van der Waals surface area contributed by atoms with E-state index in [1.165, 1.54) is 64.4 Å². The largest absolute Gasteiger partial charge is 0.495 e. The number of hydrogen-bond donors (Lipinski definition) is 7. The van der Waals surface area contributed by atoms with Crippen molar-refractivity contribution < 1.29 is 76.7 Å². The zero-order valence-electron chi connectivity index (χ0n) is 50.8. The van der Waals surface area contributed by atoms with Crippen LogP contribution in [0.5, 0.6) is 5.75 Å². The summed E-state index contributed by atoms with van der Waals surface area (Å²) in [6, 6.07) is 4.52. The van der Waals surface area contributed by atoms with Gasteiger partial charge in [0.25, 0.3) is 5.91 Å². The summed E-state index contributed by atoms with van der Waals surface area (Å²) in [5.41, 5.74) is 3.27. The number of nitrogens with zero attached hydrogens (tertiary/aromatic N) is 2. The second kappa shape index (κ2) is 32.5. The van der Waals surface area contributed by atoms with Gasteiger partial charge < -0.3 is 74.6 Å². The quantitative estimate of drug-likeness (QED) is 0.0183. The number of fused-ring (bicyclic) bond motifs is 5. The van der Waals surface area contributed by atoms with Gasteiger partial charge in [0.15, 0.2) is 12.0 Å². The number of carbonyl (C=O) groups excluding carboxylic acids is 9. The van der Waals surface area contributed by atoms with Crippen molar-refractivity contribution in [1.82, 2.24) is 26.2 Å². The molecule has 2 saturated heterocycles. The Kier molecular flexibility index (Phi) is 26.8. The molecule has 480 valence electrons. The number of methoxy groups -OCH3 is 2. The third-order valence-electron chi connectivity index (χ3n) is 15.9. The number of halogens is 3. The Morgan fingerprint density at radius 1 is 1.03 bits per heavy atom. The van der Waals surface area contributed by atoms with Crippen molar-refractivity contribution in [1.29, 1.82) is 0 Å². The van der Waals surface area contributed by atoms with Crippen molar-refractivity contribution in [3.8, 4) is 5.75 Å². The molecule has 3 heterocycles. The number of urea groups is 1. The molecule has 2 aromatic rings. The number of epoxide rings is 1. The molecule has 4 bridgehead atoms. The molecule has 24 nitrogen and oxygen atoms in total. The van der Waals surface area contributed by atoms with Crippen LogP contribution >= 0.6 is 43.5 Å². The van der Waals surface area contributed by atoms with Gasteiger partial charge in [0, 0.05) is 68.6 Å². The molecule has 0 spiro atoms. The lowest BCUT2D eigenvalue weighted by molar-refractivity contribution is -0.158. The first-order valence-corrected chi connectivity index (χ1v) is 31.3. The number of alkyl carbamates (subject to hydrolysis) is 1. The average molecular weight is 1370 g/mol. The van der Waals surface area contributed by atoms with E-state index >= 15 is 0 Å².